The van der Waals surface area contributed by atoms with Crippen LogP contribution in [-0.4, -0.2) is 31.9 Å². The lowest BCUT2D eigenvalue weighted by Crippen LogP contribution is -2.40. The van der Waals surface area contributed by atoms with Crippen molar-refractivity contribution < 1.29 is 9.47 Å². The van der Waals surface area contributed by atoms with E-state index in [1.165, 1.54) is 11.1 Å². The molecule has 1 aromatic carbocycles. The Morgan fingerprint density at radius 1 is 1.39 bits per heavy atom. The van der Waals surface area contributed by atoms with E-state index in [1.807, 2.05) is 0 Å². The second kappa shape index (κ2) is 6.21. The second-order valence-electron chi connectivity index (χ2n) is 5.16. The van der Waals surface area contributed by atoms with Gasteiger partial charge in [0, 0.05) is 18.7 Å². The van der Waals surface area contributed by atoms with Gasteiger partial charge in [0.25, 0.3) is 0 Å². The van der Waals surface area contributed by atoms with Gasteiger partial charge in [-0.15, -0.1) is 0 Å². The number of para-hydroxylation sites is 1. The van der Waals surface area contributed by atoms with Gasteiger partial charge < -0.3 is 14.8 Å². The molecule has 0 bridgehead atoms. The molecule has 1 heterocycles. The Bertz CT molecular complexity index is 366. The predicted molar refractivity (Wildman–Crippen MR) is 73.2 cm³/mol. The summed E-state index contributed by atoms with van der Waals surface area (Å²) in [6, 6.07) is 7.07. The summed E-state index contributed by atoms with van der Waals surface area (Å²) in [5.74, 6) is 1.02. The zero-order chi connectivity index (χ0) is 13.0. The standard InChI is InChI=1S/C15H23NO2/c1-11-5-4-6-12(2)15(11)18-9-13(3)16-14-7-8-17-10-14/h4-6,13-14,16H,7-10H2,1-3H3/t13-,14-/m0/s1. The Hall–Kier alpha value is -1.06. The van der Waals surface area contributed by atoms with Crippen LogP contribution in [0.15, 0.2) is 18.2 Å². The third-order valence-corrected chi connectivity index (χ3v) is 3.34. The third kappa shape index (κ3) is 3.47. The Morgan fingerprint density at radius 2 is 2.11 bits per heavy atom. The molecule has 3 nitrogen and oxygen atoms in total. The SMILES string of the molecule is Cc1cccc(C)c1OC[C@H](C)N[C@H]1CCOC1. The first-order valence-electron chi connectivity index (χ1n) is 6.69. The molecule has 1 aliphatic heterocycles. The fraction of sp³-hybridized carbons (Fsp3) is 0.600. The molecule has 100 valence electrons. The number of rotatable bonds is 5. The van der Waals surface area contributed by atoms with Crippen molar-refractivity contribution in [3.63, 3.8) is 0 Å². The van der Waals surface area contributed by atoms with Gasteiger partial charge in [-0.3, -0.25) is 0 Å². The first-order valence-corrected chi connectivity index (χ1v) is 6.69. The summed E-state index contributed by atoms with van der Waals surface area (Å²) in [5, 5.41) is 3.54. The van der Waals surface area contributed by atoms with Crippen molar-refractivity contribution in [1.82, 2.24) is 5.32 Å². The van der Waals surface area contributed by atoms with Crippen LogP contribution in [0.1, 0.15) is 24.5 Å². The average molecular weight is 249 g/mol. The van der Waals surface area contributed by atoms with Crippen LogP contribution in [0.5, 0.6) is 5.75 Å². The lowest BCUT2D eigenvalue weighted by atomic mass is 10.1. The van der Waals surface area contributed by atoms with Crippen LogP contribution in [0.2, 0.25) is 0 Å². The molecule has 1 fully saturated rings. The largest absolute Gasteiger partial charge is 0.491 e. The molecule has 1 saturated heterocycles. The van der Waals surface area contributed by atoms with Gasteiger partial charge in [0.05, 0.1) is 6.61 Å². The monoisotopic (exact) mass is 249 g/mol. The Kier molecular flexibility index (Phi) is 4.61. The maximum atomic E-state index is 5.94. The van der Waals surface area contributed by atoms with Crippen molar-refractivity contribution in [1.29, 1.82) is 0 Å². The van der Waals surface area contributed by atoms with Crippen LogP contribution in [0.25, 0.3) is 0 Å². The van der Waals surface area contributed by atoms with Crippen LogP contribution in [0.4, 0.5) is 0 Å². The van der Waals surface area contributed by atoms with Gasteiger partial charge in [-0.05, 0) is 38.3 Å². The molecule has 0 amide bonds. The summed E-state index contributed by atoms with van der Waals surface area (Å²) >= 11 is 0. The van der Waals surface area contributed by atoms with Crippen LogP contribution in [0, 0.1) is 13.8 Å². The first kappa shape index (κ1) is 13.4. The molecule has 3 heteroatoms. The van der Waals surface area contributed by atoms with Gasteiger partial charge in [0.1, 0.15) is 12.4 Å². The van der Waals surface area contributed by atoms with E-state index >= 15 is 0 Å². The number of hydrogen-bond acceptors (Lipinski definition) is 3. The van der Waals surface area contributed by atoms with Crippen molar-refractivity contribution in [2.45, 2.75) is 39.3 Å². The number of nitrogens with one attached hydrogen (secondary N) is 1. The molecule has 2 atom stereocenters. The smallest absolute Gasteiger partial charge is 0.125 e. The topological polar surface area (TPSA) is 30.5 Å². The van der Waals surface area contributed by atoms with E-state index in [2.05, 4.69) is 44.3 Å². The minimum Gasteiger partial charge on any atom is -0.491 e. The normalized spacial score (nSPS) is 20.9. The fourth-order valence-electron chi connectivity index (χ4n) is 2.35. The van der Waals surface area contributed by atoms with Crippen LogP contribution in [0.3, 0.4) is 0 Å². The lowest BCUT2D eigenvalue weighted by Gasteiger charge is -2.20. The average Bonchev–Trinajstić information content (AvgIpc) is 2.81. The Balaban J connectivity index is 1.83. The van der Waals surface area contributed by atoms with Gasteiger partial charge in [0.2, 0.25) is 0 Å². The summed E-state index contributed by atoms with van der Waals surface area (Å²) < 4.78 is 11.3. The minimum absolute atomic E-state index is 0.343. The molecule has 1 N–H and O–H groups in total. The van der Waals surface area contributed by atoms with Crippen LogP contribution >= 0.6 is 0 Å². The molecular weight excluding hydrogens is 226 g/mol. The highest BCUT2D eigenvalue weighted by atomic mass is 16.5. The van der Waals surface area contributed by atoms with E-state index < -0.39 is 0 Å². The molecular formula is C15H23NO2. The van der Waals surface area contributed by atoms with E-state index in [-0.39, 0.29) is 0 Å². The van der Waals surface area contributed by atoms with Crippen molar-refractivity contribution in [3.8, 4) is 5.75 Å². The highest BCUT2D eigenvalue weighted by molar-refractivity contribution is 5.39. The number of benzene rings is 1. The number of ether oxygens (including phenoxy) is 2. The van der Waals surface area contributed by atoms with E-state index in [1.54, 1.807) is 0 Å². The highest BCUT2D eigenvalue weighted by Crippen LogP contribution is 2.22. The van der Waals surface area contributed by atoms with E-state index in [0.29, 0.717) is 18.7 Å². The third-order valence-electron chi connectivity index (χ3n) is 3.34. The van der Waals surface area contributed by atoms with Crippen molar-refractivity contribution >= 4 is 0 Å². The molecule has 0 saturated carbocycles. The molecule has 0 unspecified atom stereocenters. The van der Waals surface area contributed by atoms with E-state index in [4.69, 9.17) is 9.47 Å². The molecule has 1 aromatic rings. The summed E-state index contributed by atoms with van der Waals surface area (Å²) in [4.78, 5) is 0. The van der Waals surface area contributed by atoms with E-state index in [9.17, 15) is 0 Å². The second-order valence-corrected chi connectivity index (χ2v) is 5.16. The van der Waals surface area contributed by atoms with Crippen molar-refractivity contribution in [3.05, 3.63) is 29.3 Å². The Labute approximate surface area is 109 Å². The first-order chi connectivity index (χ1) is 8.66. The predicted octanol–water partition coefficient (Wildman–Crippen LogP) is 2.45. The van der Waals surface area contributed by atoms with Gasteiger partial charge in [-0.1, -0.05) is 18.2 Å². The number of aryl methyl sites for hydroxylation is 2. The van der Waals surface area contributed by atoms with Gasteiger partial charge in [-0.25, -0.2) is 0 Å². The maximum absolute atomic E-state index is 5.94. The molecule has 18 heavy (non-hydrogen) atoms. The summed E-state index contributed by atoms with van der Waals surface area (Å²) in [6.45, 7) is 8.74. The minimum atomic E-state index is 0.343. The highest BCUT2D eigenvalue weighted by Gasteiger charge is 2.17. The molecule has 0 aromatic heterocycles. The molecule has 0 radical (unpaired) electrons. The van der Waals surface area contributed by atoms with Crippen LogP contribution < -0.4 is 10.1 Å². The van der Waals surface area contributed by atoms with Gasteiger partial charge >= 0.3 is 0 Å². The maximum Gasteiger partial charge on any atom is 0.125 e. The molecule has 2 rings (SSSR count). The Morgan fingerprint density at radius 3 is 2.72 bits per heavy atom. The van der Waals surface area contributed by atoms with E-state index in [0.717, 1.165) is 25.4 Å². The summed E-state index contributed by atoms with van der Waals surface area (Å²) in [5.41, 5.74) is 2.40. The molecule has 0 aliphatic carbocycles. The summed E-state index contributed by atoms with van der Waals surface area (Å²) in [7, 11) is 0. The quantitative estimate of drug-likeness (QED) is 0.869. The fourth-order valence-corrected chi connectivity index (χ4v) is 2.35. The van der Waals surface area contributed by atoms with Crippen molar-refractivity contribution in [2.75, 3.05) is 19.8 Å². The molecule has 1 aliphatic rings. The molecule has 0 spiro atoms. The zero-order valence-electron chi connectivity index (χ0n) is 11.5. The number of hydrogen-bond donors (Lipinski definition) is 1. The van der Waals surface area contributed by atoms with Crippen LogP contribution in [-0.2, 0) is 4.74 Å². The van der Waals surface area contributed by atoms with Gasteiger partial charge in [-0.2, -0.15) is 0 Å². The van der Waals surface area contributed by atoms with Crippen molar-refractivity contribution in [2.24, 2.45) is 0 Å². The zero-order valence-corrected chi connectivity index (χ0v) is 11.5. The summed E-state index contributed by atoms with van der Waals surface area (Å²) in [6.07, 6.45) is 1.10. The lowest BCUT2D eigenvalue weighted by molar-refractivity contribution is 0.184. The van der Waals surface area contributed by atoms with Gasteiger partial charge in [0.15, 0.2) is 0 Å².